The number of benzene rings is 2. The summed E-state index contributed by atoms with van der Waals surface area (Å²) >= 11 is 12.1. The molecule has 0 bridgehead atoms. The lowest BCUT2D eigenvalue weighted by molar-refractivity contribution is -0.384. The first-order chi connectivity index (χ1) is 14.3. The van der Waals surface area contributed by atoms with Crippen LogP contribution in [0.4, 0.5) is 11.4 Å². The van der Waals surface area contributed by atoms with E-state index in [0.717, 1.165) is 0 Å². The molecular weight excluding hydrogens is 433 g/mol. The molecule has 0 aliphatic rings. The number of para-hydroxylation sites is 1. The van der Waals surface area contributed by atoms with Gasteiger partial charge in [0.15, 0.2) is 5.69 Å². The maximum atomic E-state index is 12.6. The molecule has 0 spiro atoms. The Labute approximate surface area is 181 Å². The zero-order valence-electron chi connectivity index (χ0n) is 15.6. The molecule has 3 rings (SSSR count). The van der Waals surface area contributed by atoms with Crippen LogP contribution in [0.5, 0.6) is 0 Å². The van der Waals surface area contributed by atoms with Gasteiger partial charge in [0.2, 0.25) is 5.91 Å². The molecule has 0 radical (unpaired) electrons. The highest BCUT2D eigenvalue weighted by Crippen LogP contribution is 2.29. The quantitative estimate of drug-likeness (QED) is 0.456. The smallest absolute Gasteiger partial charge is 0.274 e. The van der Waals surface area contributed by atoms with Gasteiger partial charge in [-0.25, -0.2) is 4.68 Å². The third-order valence-electron chi connectivity index (χ3n) is 4.09. The molecule has 1 N–H and O–H groups in total. The SMILES string of the molecule is CN(CC(=O)Nc1c(Cl)cccc1Cl)C(=O)c1ccn(-c2ccc([N+](=O)[O-])cc2)n1. The van der Waals surface area contributed by atoms with Gasteiger partial charge >= 0.3 is 0 Å². The average molecular weight is 448 g/mol. The van der Waals surface area contributed by atoms with Gasteiger partial charge in [0.1, 0.15) is 0 Å². The average Bonchev–Trinajstić information content (AvgIpc) is 3.20. The molecular formula is C19H15Cl2N5O4. The van der Waals surface area contributed by atoms with Gasteiger partial charge in [-0.15, -0.1) is 0 Å². The lowest BCUT2D eigenvalue weighted by atomic mass is 10.3. The van der Waals surface area contributed by atoms with Crippen molar-refractivity contribution < 1.29 is 14.5 Å². The van der Waals surface area contributed by atoms with Crippen molar-refractivity contribution in [1.29, 1.82) is 0 Å². The fraction of sp³-hybridized carbons (Fsp3) is 0.105. The third-order valence-corrected chi connectivity index (χ3v) is 4.72. The van der Waals surface area contributed by atoms with Crippen molar-refractivity contribution in [3.05, 3.63) is 80.6 Å². The van der Waals surface area contributed by atoms with Crippen LogP contribution in [0.25, 0.3) is 5.69 Å². The molecule has 2 aromatic carbocycles. The molecule has 154 valence electrons. The number of nitro groups is 1. The van der Waals surface area contributed by atoms with Crippen molar-refractivity contribution in [2.45, 2.75) is 0 Å². The second-order valence-corrected chi connectivity index (χ2v) is 7.04. The zero-order valence-corrected chi connectivity index (χ0v) is 17.1. The van der Waals surface area contributed by atoms with Gasteiger partial charge in [-0.1, -0.05) is 29.3 Å². The molecule has 11 heteroatoms. The Kier molecular flexibility index (Phi) is 6.34. The minimum absolute atomic E-state index is 0.0495. The number of nitro benzene ring substituents is 1. The van der Waals surface area contributed by atoms with E-state index in [0.29, 0.717) is 5.69 Å². The van der Waals surface area contributed by atoms with Crippen molar-refractivity contribution in [2.24, 2.45) is 0 Å². The molecule has 0 saturated carbocycles. The first kappa shape index (κ1) is 21.3. The lowest BCUT2D eigenvalue weighted by Gasteiger charge is -2.16. The maximum Gasteiger partial charge on any atom is 0.274 e. The topological polar surface area (TPSA) is 110 Å². The Morgan fingerprint density at radius 1 is 1.13 bits per heavy atom. The molecule has 0 aliphatic heterocycles. The van der Waals surface area contributed by atoms with Crippen LogP contribution in [-0.4, -0.2) is 45.0 Å². The molecule has 30 heavy (non-hydrogen) atoms. The molecule has 2 amide bonds. The number of aromatic nitrogens is 2. The Morgan fingerprint density at radius 3 is 2.37 bits per heavy atom. The van der Waals surface area contributed by atoms with Crippen molar-refractivity contribution in [1.82, 2.24) is 14.7 Å². The van der Waals surface area contributed by atoms with Gasteiger partial charge in [0.05, 0.1) is 32.9 Å². The van der Waals surface area contributed by atoms with Gasteiger partial charge in [-0.2, -0.15) is 5.10 Å². The maximum absolute atomic E-state index is 12.6. The second kappa shape index (κ2) is 8.93. The molecule has 0 fully saturated rings. The second-order valence-electron chi connectivity index (χ2n) is 6.23. The first-order valence-electron chi connectivity index (χ1n) is 8.56. The third kappa shape index (κ3) is 4.76. The van der Waals surface area contributed by atoms with E-state index in [4.69, 9.17) is 23.2 Å². The fourth-order valence-corrected chi connectivity index (χ4v) is 3.08. The largest absolute Gasteiger partial charge is 0.331 e. The number of carbonyl (C=O) groups is 2. The van der Waals surface area contributed by atoms with Gasteiger partial charge in [-0.3, -0.25) is 19.7 Å². The summed E-state index contributed by atoms with van der Waals surface area (Å²) in [5, 5.41) is 18.1. The van der Waals surface area contributed by atoms with Gasteiger partial charge < -0.3 is 10.2 Å². The predicted octanol–water partition coefficient (Wildman–Crippen LogP) is 3.80. The lowest BCUT2D eigenvalue weighted by Crippen LogP contribution is -2.35. The van der Waals surface area contributed by atoms with Crippen LogP contribution in [0.15, 0.2) is 54.7 Å². The number of non-ortho nitro benzene ring substituents is 1. The summed E-state index contributed by atoms with van der Waals surface area (Å²) in [5.41, 5.74) is 0.883. The molecule has 0 unspecified atom stereocenters. The first-order valence-corrected chi connectivity index (χ1v) is 9.31. The summed E-state index contributed by atoms with van der Waals surface area (Å²) in [4.78, 5) is 36.3. The highest BCUT2D eigenvalue weighted by molar-refractivity contribution is 6.39. The number of carbonyl (C=O) groups excluding carboxylic acids is 2. The van der Waals surface area contributed by atoms with Crippen LogP contribution in [-0.2, 0) is 4.79 Å². The number of nitrogens with one attached hydrogen (secondary N) is 1. The Hall–Kier alpha value is -3.43. The monoisotopic (exact) mass is 447 g/mol. The van der Waals surface area contributed by atoms with Crippen molar-refractivity contribution in [3.63, 3.8) is 0 Å². The van der Waals surface area contributed by atoms with Crippen LogP contribution in [0.1, 0.15) is 10.5 Å². The minimum atomic E-state index is -0.502. The molecule has 1 aromatic heterocycles. The summed E-state index contributed by atoms with van der Waals surface area (Å²) in [5.74, 6) is -0.952. The Balaban J connectivity index is 1.66. The van der Waals surface area contributed by atoms with E-state index < -0.39 is 16.7 Å². The van der Waals surface area contributed by atoms with E-state index >= 15 is 0 Å². The minimum Gasteiger partial charge on any atom is -0.331 e. The summed E-state index contributed by atoms with van der Waals surface area (Å²) < 4.78 is 1.41. The number of anilines is 1. The van der Waals surface area contributed by atoms with Crippen molar-refractivity contribution in [2.75, 3.05) is 18.9 Å². The number of rotatable bonds is 6. The molecule has 3 aromatic rings. The number of hydrogen-bond acceptors (Lipinski definition) is 5. The highest BCUT2D eigenvalue weighted by atomic mass is 35.5. The van der Waals surface area contributed by atoms with Gasteiger partial charge in [-0.05, 0) is 30.3 Å². The van der Waals surface area contributed by atoms with E-state index in [1.165, 1.54) is 47.0 Å². The standard InChI is InChI=1S/C19H15Cl2N5O4/c1-24(11-17(27)22-18-14(20)3-2-4-15(18)21)19(28)16-9-10-25(23-16)12-5-7-13(8-6-12)26(29)30/h2-10H,11H2,1H3,(H,22,27). The van der Waals surface area contributed by atoms with Crippen LogP contribution in [0.3, 0.4) is 0 Å². The zero-order chi connectivity index (χ0) is 21.8. The summed E-state index contributed by atoms with van der Waals surface area (Å²) in [6.07, 6.45) is 1.55. The number of amides is 2. The predicted molar refractivity (Wildman–Crippen MR) is 112 cm³/mol. The molecule has 0 aliphatic carbocycles. The van der Waals surface area contributed by atoms with E-state index in [9.17, 15) is 19.7 Å². The van der Waals surface area contributed by atoms with Crippen molar-refractivity contribution in [3.8, 4) is 5.69 Å². The molecule has 9 nitrogen and oxygen atoms in total. The number of hydrogen-bond donors (Lipinski definition) is 1. The molecule has 0 atom stereocenters. The van der Waals surface area contributed by atoms with E-state index in [1.54, 1.807) is 24.4 Å². The Bertz CT molecular complexity index is 1090. The summed E-state index contributed by atoms with van der Waals surface area (Å²) in [6.45, 7) is -0.245. The highest BCUT2D eigenvalue weighted by Gasteiger charge is 2.19. The molecule has 0 saturated heterocycles. The summed E-state index contributed by atoms with van der Waals surface area (Å²) in [7, 11) is 1.46. The number of likely N-dealkylation sites (N-methyl/N-ethyl adjacent to an activating group) is 1. The van der Waals surface area contributed by atoms with Crippen LogP contribution in [0.2, 0.25) is 10.0 Å². The fourth-order valence-electron chi connectivity index (χ4n) is 2.59. The number of halogens is 2. The van der Waals surface area contributed by atoms with Crippen LogP contribution < -0.4 is 5.32 Å². The van der Waals surface area contributed by atoms with E-state index in [-0.39, 0.29) is 33.7 Å². The normalized spacial score (nSPS) is 10.5. The number of nitrogens with zero attached hydrogens (tertiary/aromatic N) is 4. The van der Waals surface area contributed by atoms with Crippen LogP contribution in [0, 0.1) is 10.1 Å². The Morgan fingerprint density at radius 2 is 1.77 bits per heavy atom. The summed E-state index contributed by atoms with van der Waals surface area (Å²) in [6, 6.07) is 12.0. The van der Waals surface area contributed by atoms with Gasteiger partial charge in [0.25, 0.3) is 11.6 Å². The molecule has 1 heterocycles. The van der Waals surface area contributed by atoms with Crippen molar-refractivity contribution >= 4 is 46.4 Å². The van der Waals surface area contributed by atoms with Gasteiger partial charge in [0, 0.05) is 25.4 Å². The van der Waals surface area contributed by atoms with E-state index in [2.05, 4.69) is 10.4 Å². The van der Waals surface area contributed by atoms with Crippen LogP contribution >= 0.6 is 23.2 Å². The van der Waals surface area contributed by atoms with E-state index in [1.807, 2.05) is 0 Å².